The second-order valence-corrected chi connectivity index (χ2v) is 18.5. The van der Waals surface area contributed by atoms with E-state index in [2.05, 4.69) is 106 Å². The first-order valence-corrected chi connectivity index (χ1v) is 24.3. The molecule has 5 aromatic heterocycles. The molecule has 0 radical (unpaired) electrons. The first-order chi connectivity index (χ1) is 36.6. The van der Waals surface area contributed by atoms with Gasteiger partial charge in [0.1, 0.15) is 22.3 Å². The zero-order valence-electron chi connectivity index (χ0n) is 39.2. The van der Waals surface area contributed by atoms with Gasteiger partial charge in [-0.1, -0.05) is 127 Å². The van der Waals surface area contributed by atoms with E-state index in [1.807, 2.05) is 127 Å². The Labute approximate surface area is 421 Å². The summed E-state index contributed by atoms with van der Waals surface area (Å²) in [5.41, 5.74) is 13.4. The molecule has 5 heterocycles. The second-order valence-electron chi connectivity index (χ2n) is 18.5. The van der Waals surface area contributed by atoms with Gasteiger partial charge in [0.25, 0.3) is 0 Å². The van der Waals surface area contributed by atoms with Crippen molar-refractivity contribution in [1.29, 1.82) is 10.5 Å². The zero-order valence-corrected chi connectivity index (χ0v) is 39.2. The number of rotatable bonds is 6. The van der Waals surface area contributed by atoms with Crippen LogP contribution in [-0.4, -0.2) is 24.1 Å². The number of para-hydroxylation sites is 4. The Balaban J connectivity index is 1.03. The summed E-state index contributed by atoms with van der Waals surface area (Å²) >= 11 is 0. The van der Waals surface area contributed by atoms with Gasteiger partial charge in [-0.3, -0.25) is 0 Å². The Morgan fingerprint density at radius 1 is 0.351 bits per heavy atom. The molecule has 0 bridgehead atoms. The SMILES string of the molecule is N#Cc1ccc(-c2nc(-c3ccccc3)nc(-c3ccc(-c4ccccc4C#N)cc3-n3c4ccccc4c4c5oc6ccccc6c5ccc43)n2)c(-n2c3ccccc3c3c4oc5ccccc5c4ccc32)c1. The van der Waals surface area contributed by atoms with Gasteiger partial charge >= 0.3 is 0 Å². The van der Waals surface area contributed by atoms with Crippen LogP contribution in [0.25, 0.3) is 144 Å². The van der Waals surface area contributed by atoms with Crippen molar-refractivity contribution in [3.05, 3.63) is 223 Å². The molecule has 15 rings (SSSR count). The van der Waals surface area contributed by atoms with Crippen molar-refractivity contribution in [2.45, 2.75) is 0 Å². The second kappa shape index (κ2) is 16.0. The lowest BCUT2D eigenvalue weighted by Crippen LogP contribution is -2.06. The fourth-order valence-electron chi connectivity index (χ4n) is 11.2. The van der Waals surface area contributed by atoms with E-state index < -0.39 is 0 Å². The zero-order chi connectivity index (χ0) is 49.0. The maximum absolute atomic E-state index is 10.5. The van der Waals surface area contributed by atoms with Gasteiger partial charge in [0.05, 0.1) is 67.5 Å². The van der Waals surface area contributed by atoms with Gasteiger partial charge in [0.2, 0.25) is 0 Å². The maximum Gasteiger partial charge on any atom is 0.166 e. The van der Waals surface area contributed by atoms with E-state index in [9.17, 15) is 10.5 Å². The third kappa shape index (κ3) is 6.05. The van der Waals surface area contributed by atoms with Crippen LogP contribution in [0.4, 0.5) is 0 Å². The molecule has 0 atom stereocenters. The molecule has 0 aliphatic rings. The highest BCUT2D eigenvalue weighted by Gasteiger charge is 2.26. The molecule has 0 amide bonds. The van der Waals surface area contributed by atoms with Crippen molar-refractivity contribution in [1.82, 2.24) is 24.1 Å². The van der Waals surface area contributed by atoms with Gasteiger partial charge in [-0.05, 0) is 96.1 Å². The monoisotopic (exact) mass is 945 g/mol. The molecule has 0 N–H and O–H groups in total. The largest absolute Gasteiger partial charge is 0.455 e. The molecule has 15 aromatic rings. The number of hydrogen-bond acceptors (Lipinski definition) is 7. The molecule has 0 saturated heterocycles. The minimum Gasteiger partial charge on any atom is -0.455 e. The maximum atomic E-state index is 10.5. The lowest BCUT2D eigenvalue weighted by Gasteiger charge is -2.18. The van der Waals surface area contributed by atoms with Crippen molar-refractivity contribution >= 4 is 87.5 Å². The van der Waals surface area contributed by atoms with E-state index in [1.165, 1.54) is 0 Å². The Bertz CT molecular complexity index is 4950. The van der Waals surface area contributed by atoms with Gasteiger partial charge < -0.3 is 18.0 Å². The summed E-state index contributed by atoms with van der Waals surface area (Å²) in [6.45, 7) is 0. The Hall–Kier alpha value is -10.6. The number of hydrogen-bond donors (Lipinski definition) is 0. The van der Waals surface area contributed by atoms with Gasteiger partial charge in [0, 0.05) is 49.0 Å². The van der Waals surface area contributed by atoms with Crippen LogP contribution in [0.2, 0.25) is 0 Å². The molecular formula is C65H35N7O2. The molecule has 0 aliphatic heterocycles. The smallest absolute Gasteiger partial charge is 0.166 e. The van der Waals surface area contributed by atoms with Gasteiger partial charge in [-0.15, -0.1) is 0 Å². The van der Waals surface area contributed by atoms with E-state index in [-0.39, 0.29) is 0 Å². The van der Waals surface area contributed by atoms with Gasteiger partial charge in [-0.25, -0.2) is 15.0 Å². The lowest BCUT2D eigenvalue weighted by atomic mass is 9.97. The van der Waals surface area contributed by atoms with Crippen molar-refractivity contribution in [3.63, 3.8) is 0 Å². The summed E-state index contributed by atoms with van der Waals surface area (Å²) in [5.74, 6) is 1.32. The first kappa shape index (κ1) is 41.2. The van der Waals surface area contributed by atoms with Crippen LogP contribution in [0.1, 0.15) is 11.1 Å². The third-order valence-electron chi connectivity index (χ3n) is 14.5. The van der Waals surface area contributed by atoms with Crippen LogP contribution in [0, 0.1) is 22.7 Å². The average molecular weight is 946 g/mol. The summed E-state index contributed by atoms with van der Waals surface area (Å²) in [4.78, 5) is 16.1. The first-order valence-electron chi connectivity index (χ1n) is 24.3. The number of nitriles is 2. The molecule has 10 aromatic carbocycles. The topological polar surface area (TPSA) is 122 Å². The highest BCUT2D eigenvalue weighted by molar-refractivity contribution is 6.25. The van der Waals surface area contributed by atoms with E-state index in [4.69, 9.17) is 23.8 Å². The minimum atomic E-state index is 0.417. The van der Waals surface area contributed by atoms with Crippen LogP contribution in [0.3, 0.4) is 0 Å². The summed E-state index contributed by atoms with van der Waals surface area (Å²) < 4.78 is 17.9. The summed E-state index contributed by atoms with van der Waals surface area (Å²) in [6, 6.07) is 75.9. The number of furan rings is 2. The number of benzene rings is 10. The fourth-order valence-corrected chi connectivity index (χ4v) is 11.2. The molecular weight excluding hydrogens is 911 g/mol. The Morgan fingerprint density at radius 3 is 1.45 bits per heavy atom. The molecule has 342 valence electrons. The van der Waals surface area contributed by atoms with E-state index in [0.717, 1.165) is 121 Å². The van der Waals surface area contributed by atoms with Crippen molar-refractivity contribution in [2.24, 2.45) is 0 Å². The number of aromatic nitrogens is 5. The van der Waals surface area contributed by atoms with Crippen molar-refractivity contribution in [2.75, 3.05) is 0 Å². The highest BCUT2D eigenvalue weighted by Crippen LogP contribution is 2.45. The fraction of sp³-hybridized carbons (Fsp3) is 0. The molecule has 74 heavy (non-hydrogen) atoms. The van der Waals surface area contributed by atoms with Crippen molar-refractivity contribution < 1.29 is 8.83 Å². The predicted molar refractivity (Wildman–Crippen MR) is 294 cm³/mol. The lowest BCUT2D eigenvalue weighted by molar-refractivity contribution is 0.672. The van der Waals surface area contributed by atoms with Crippen LogP contribution in [-0.2, 0) is 0 Å². The third-order valence-corrected chi connectivity index (χ3v) is 14.5. The van der Waals surface area contributed by atoms with Crippen molar-refractivity contribution in [3.8, 4) is 68.8 Å². The normalized spacial score (nSPS) is 11.8. The quantitative estimate of drug-likeness (QED) is 0.163. The van der Waals surface area contributed by atoms with Gasteiger partial charge in [-0.2, -0.15) is 10.5 Å². The standard InChI is InChI=1S/C65H35N7O2/c66-36-38-26-28-49(55(34-38)71-51-22-10-6-20-47(51)59-53(71)32-30-45-43-18-8-12-24-57(43)73-61(45)59)64-68-63(39-14-2-1-3-15-39)69-65(70-64)50-29-27-40(42-17-5-4-16-41(42)37-67)35-56(50)72-52-23-11-7-21-48(52)60-54(72)33-31-46-44-19-9-13-25-58(44)74-62(46)60/h1-35H. The molecule has 0 spiro atoms. The predicted octanol–water partition coefficient (Wildman–Crippen LogP) is 16.3. The summed E-state index contributed by atoms with van der Waals surface area (Å²) in [5, 5.41) is 29.0. The molecule has 9 heteroatoms. The molecule has 0 unspecified atom stereocenters. The summed E-state index contributed by atoms with van der Waals surface area (Å²) in [7, 11) is 0. The van der Waals surface area contributed by atoms with Crippen LogP contribution < -0.4 is 0 Å². The minimum absolute atomic E-state index is 0.417. The average Bonchev–Trinajstić information content (AvgIpc) is 4.23. The molecule has 0 aliphatic carbocycles. The Morgan fingerprint density at radius 2 is 0.851 bits per heavy atom. The highest BCUT2D eigenvalue weighted by atomic mass is 16.3. The molecule has 9 nitrogen and oxygen atoms in total. The molecule has 0 saturated carbocycles. The van der Waals surface area contributed by atoms with Gasteiger partial charge in [0.15, 0.2) is 17.5 Å². The Kier molecular flexibility index (Phi) is 8.88. The number of fused-ring (bicyclic) bond motifs is 14. The van der Waals surface area contributed by atoms with Crippen LogP contribution in [0.5, 0.6) is 0 Å². The summed E-state index contributed by atoms with van der Waals surface area (Å²) in [6.07, 6.45) is 0. The van der Waals surface area contributed by atoms with Crippen LogP contribution in [0.15, 0.2) is 221 Å². The molecule has 0 fully saturated rings. The van der Waals surface area contributed by atoms with E-state index >= 15 is 0 Å². The number of nitrogens with zero attached hydrogens (tertiary/aromatic N) is 7. The van der Waals surface area contributed by atoms with E-state index in [1.54, 1.807) is 0 Å². The van der Waals surface area contributed by atoms with E-state index in [0.29, 0.717) is 34.2 Å². The van der Waals surface area contributed by atoms with Crippen LogP contribution >= 0.6 is 0 Å².